The van der Waals surface area contributed by atoms with E-state index in [1.165, 1.54) is 41.6 Å². The van der Waals surface area contributed by atoms with E-state index >= 15 is 0 Å². The first-order valence-corrected chi connectivity index (χ1v) is 13.9. The summed E-state index contributed by atoms with van der Waals surface area (Å²) in [4.78, 5) is 56.7. The summed E-state index contributed by atoms with van der Waals surface area (Å²) in [5, 5.41) is 32.1. The summed E-state index contributed by atoms with van der Waals surface area (Å²) >= 11 is 1.20. The number of thiazole rings is 1. The summed E-state index contributed by atoms with van der Waals surface area (Å²) in [7, 11) is 1.81. The highest BCUT2D eigenvalue weighted by Crippen LogP contribution is 2.59. The second kappa shape index (κ2) is 9.67. The summed E-state index contributed by atoms with van der Waals surface area (Å²) in [6, 6.07) is 8.78. The molecule has 1 aromatic carbocycles. The summed E-state index contributed by atoms with van der Waals surface area (Å²) in [6.07, 6.45) is 5.91. The molecule has 42 heavy (non-hydrogen) atoms. The number of carbonyl (C=O) groups is 3. The zero-order valence-corrected chi connectivity index (χ0v) is 23.6. The number of hydrogen-bond acceptors (Lipinski definition) is 8. The van der Waals surface area contributed by atoms with Gasteiger partial charge in [0.2, 0.25) is 11.7 Å². The monoisotopic (exact) mass is 588 g/mol. The van der Waals surface area contributed by atoms with Gasteiger partial charge in [-0.05, 0) is 25.0 Å². The molecule has 3 aromatic heterocycles. The van der Waals surface area contributed by atoms with Gasteiger partial charge in [-0.15, -0.1) is 11.3 Å². The average molecular weight is 589 g/mol. The molecule has 1 amide bonds. The maximum absolute atomic E-state index is 13.4. The number of ketones is 1. The number of imidazole rings is 1. The van der Waals surface area contributed by atoms with Gasteiger partial charge in [0.15, 0.2) is 12.4 Å². The molecule has 2 aliphatic heterocycles. The predicted octanol–water partition coefficient (Wildman–Crippen LogP) is 2.63. The van der Waals surface area contributed by atoms with Crippen molar-refractivity contribution in [1.29, 1.82) is 0 Å². The lowest BCUT2D eigenvalue weighted by Crippen LogP contribution is -2.66. The number of carboxylic acids is 1. The van der Waals surface area contributed by atoms with Crippen LogP contribution in [-0.4, -0.2) is 59.2 Å². The van der Waals surface area contributed by atoms with E-state index in [1.54, 1.807) is 58.9 Å². The van der Waals surface area contributed by atoms with Crippen molar-refractivity contribution in [3.8, 4) is 0 Å². The normalized spacial score (nSPS) is 22.3. The van der Waals surface area contributed by atoms with E-state index in [9.17, 15) is 34.7 Å². The number of nitro benzene ring substituents is 1. The number of benzene rings is 1. The Kier molecular flexibility index (Phi) is 6.31. The zero-order valence-electron chi connectivity index (χ0n) is 22.8. The summed E-state index contributed by atoms with van der Waals surface area (Å²) in [5.41, 5.74) is 0.510. The van der Waals surface area contributed by atoms with Gasteiger partial charge in [0.25, 0.3) is 5.69 Å². The number of nitrogens with zero attached hydrogens (tertiary/aromatic N) is 5. The molecular weight excluding hydrogens is 562 g/mol. The van der Waals surface area contributed by atoms with Gasteiger partial charge >= 0.3 is 5.97 Å². The molecule has 4 atom stereocenters. The maximum atomic E-state index is 13.4. The highest BCUT2D eigenvalue weighted by molar-refractivity contribution is 7.18. The van der Waals surface area contributed by atoms with E-state index in [0.29, 0.717) is 26.4 Å². The standard InChI is InChI=1S/C29H25N5O7S/c1-15(35)20-25-29(2,11-16-6-8-18(9-7-16)34(40)41)21(23(28(38)39)33(25)26(20)37)19-13-32-14-30-22(27(32)42-19)24(36)17-5-4-10-31(3)12-17/h4-10,12-15,20,25,35H,11H2,1-3H3/p+1/t15-,20-,25-,29+/m1/s1. The van der Waals surface area contributed by atoms with Crippen molar-refractivity contribution in [1.82, 2.24) is 14.3 Å². The molecule has 1 saturated heterocycles. The van der Waals surface area contributed by atoms with Crippen molar-refractivity contribution >= 4 is 45.1 Å². The predicted molar refractivity (Wildman–Crippen MR) is 149 cm³/mol. The molecule has 0 radical (unpaired) electrons. The smallest absolute Gasteiger partial charge is 0.352 e. The highest BCUT2D eigenvalue weighted by Gasteiger charge is 2.66. The Bertz CT molecular complexity index is 1840. The number of aliphatic hydroxyl groups excluding tert-OH is 1. The third-order valence-electron chi connectivity index (χ3n) is 8.16. The largest absolute Gasteiger partial charge is 0.477 e. The number of carbonyl (C=O) groups excluding carboxylic acids is 2. The number of fused-ring (bicyclic) bond motifs is 2. The van der Waals surface area contributed by atoms with Crippen molar-refractivity contribution in [2.45, 2.75) is 32.4 Å². The number of aliphatic hydroxyl groups is 1. The molecule has 1 fully saturated rings. The van der Waals surface area contributed by atoms with Crippen LogP contribution >= 0.6 is 11.3 Å². The molecular formula is C29H26N5O7S+. The number of amides is 1. The first-order valence-electron chi connectivity index (χ1n) is 13.1. The lowest BCUT2D eigenvalue weighted by Gasteiger charge is -2.51. The minimum Gasteiger partial charge on any atom is -0.477 e. The molecule has 5 heterocycles. The van der Waals surface area contributed by atoms with Crippen LogP contribution in [-0.2, 0) is 23.1 Å². The number of rotatable bonds is 8. The number of carboxylic acid groups (broad SMARTS) is 1. The van der Waals surface area contributed by atoms with Crippen LogP contribution in [0.3, 0.4) is 0 Å². The minimum atomic E-state index is -1.29. The summed E-state index contributed by atoms with van der Waals surface area (Å²) in [5.74, 6) is -2.88. The number of aromatic nitrogens is 3. The number of β-lactam (4-membered cyclic amide) rings is 1. The van der Waals surface area contributed by atoms with Gasteiger partial charge in [-0.1, -0.05) is 19.1 Å². The molecule has 4 aromatic rings. The lowest BCUT2D eigenvalue weighted by molar-refractivity contribution is -0.671. The van der Waals surface area contributed by atoms with E-state index < -0.39 is 40.3 Å². The second-order valence-electron chi connectivity index (χ2n) is 11.0. The van der Waals surface area contributed by atoms with E-state index in [2.05, 4.69) is 4.98 Å². The molecule has 0 unspecified atom stereocenters. The second-order valence-corrected chi connectivity index (χ2v) is 12.0. The molecule has 12 nitrogen and oxygen atoms in total. The Hall–Kier alpha value is -4.75. The van der Waals surface area contributed by atoms with Crippen molar-refractivity contribution in [3.63, 3.8) is 0 Å². The molecule has 13 heteroatoms. The number of hydrogen-bond donors (Lipinski definition) is 2. The molecule has 0 saturated carbocycles. The SMILES string of the molecule is C[C@@H](O)[C@H]1C(=O)N2C(C(=O)O)=C(c3cn4cnc(C(=O)c5ccc[n+](C)c5)c4s3)[C@](C)(Cc3ccc([N+](=O)[O-])cc3)[C@@H]12. The van der Waals surface area contributed by atoms with Crippen LogP contribution in [0.25, 0.3) is 10.4 Å². The number of aryl methyl sites for hydroxylation is 1. The van der Waals surface area contributed by atoms with Gasteiger partial charge in [-0.25, -0.2) is 14.3 Å². The van der Waals surface area contributed by atoms with Crippen LogP contribution in [0.1, 0.15) is 40.3 Å². The number of pyridine rings is 1. The Morgan fingerprint density at radius 3 is 2.60 bits per heavy atom. The van der Waals surface area contributed by atoms with E-state index in [0.717, 1.165) is 0 Å². The molecule has 0 aliphatic carbocycles. The van der Waals surface area contributed by atoms with Gasteiger partial charge < -0.3 is 15.1 Å². The average Bonchev–Trinajstić information content (AvgIpc) is 3.57. The molecule has 6 rings (SSSR count). The Labute approximate surface area is 242 Å². The van der Waals surface area contributed by atoms with Gasteiger partial charge in [0.1, 0.15) is 29.6 Å². The van der Waals surface area contributed by atoms with Crippen molar-refractivity contribution < 1.29 is 34.1 Å². The maximum Gasteiger partial charge on any atom is 0.352 e. The summed E-state index contributed by atoms with van der Waals surface area (Å²) in [6.45, 7) is 3.36. The van der Waals surface area contributed by atoms with Crippen LogP contribution in [0.15, 0.2) is 67.0 Å². The Balaban J connectivity index is 1.50. The fourth-order valence-corrected chi connectivity index (χ4v) is 7.60. The quantitative estimate of drug-likeness (QED) is 0.104. The van der Waals surface area contributed by atoms with Crippen molar-refractivity contribution in [2.75, 3.05) is 0 Å². The Morgan fingerprint density at radius 1 is 1.26 bits per heavy atom. The molecule has 2 N–H and O–H groups in total. The van der Waals surface area contributed by atoms with Crippen LogP contribution in [0.5, 0.6) is 0 Å². The first-order chi connectivity index (χ1) is 19.9. The fraction of sp³-hybridized carbons (Fsp3) is 0.276. The first kappa shape index (κ1) is 27.4. The fourth-order valence-electron chi connectivity index (χ4n) is 6.34. The van der Waals surface area contributed by atoms with E-state index in [1.807, 2.05) is 6.92 Å². The van der Waals surface area contributed by atoms with Gasteiger partial charge in [0.05, 0.1) is 33.4 Å². The minimum absolute atomic E-state index is 0.0790. The topological polar surface area (TPSA) is 159 Å². The van der Waals surface area contributed by atoms with Crippen LogP contribution in [0, 0.1) is 21.4 Å². The summed E-state index contributed by atoms with van der Waals surface area (Å²) < 4.78 is 3.42. The van der Waals surface area contributed by atoms with E-state index in [-0.39, 0.29) is 29.3 Å². The molecule has 2 aliphatic rings. The number of nitro groups is 1. The lowest BCUT2D eigenvalue weighted by atomic mass is 9.64. The van der Waals surface area contributed by atoms with Gasteiger partial charge in [0, 0.05) is 35.4 Å². The van der Waals surface area contributed by atoms with Crippen LogP contribution in [0.4, 0.5) is 5.69 Å². The molecule has 0 spiro atoms. The molecule has 214 valence electrons. The van der Waals surface area contributed by atoms with Crippen molar-refractivity contribution in [2.24, 2.45) is 18.4 Å². The Morgan fingerprint density at radius 2 is 1.98 bits per heavy atom. The number of non-ortho nitro benzene ring substituents is 1. The third-order valence-corrected chi connectivity index (χ3v) is 9.28. The zero-order chi connectivity index (χ0) is 30.1. The van der Waals surface area contributed by atoms with Gasteiger partial charge in [-0.2, -0.15) is 0 Å². The van der Waals surface area contributed by atoms with Crippen LogP contribution in [0.2, 0.25) is 0 Å². The van der Waals surface area contributed by atoms with E-state index in [4.69, 9.17) is 0 Å². The van der Waals surface area contributed by atoms with Gasteiger partial charge in [-0.3, -0.25) is 24.1 Å². The van der Waals surface area contributed by atoms with Crippen LogP contribution < -0.4 is 4.57 Å². The highest BCUT2D eigenvalue weighted by atomic mass is 32.1. The van der Waals surface area contributed by atoms with Crippen molar-refractivity contribution in [3.05, 3.63) is 98.8 Å². The third kappa shape index (κ3) is 4.03. The number of aliphatic carboxylic acids is 1. The molecule has 0 bridgehead atoms.